The molecule has 1 aromatic carbocycles. The van der Waals surface area contributed by atoms with Crippen LogP contribution in [0, 0.1) is 11.6 Å². The van der Waals surface area contributed by atoms with Crippen LogP contribution in [0.25, 0.3) is 0 Å². The van der Waals surface area contributed by atoms with Gasteiger partial charge >= 0.3 is 0 Å². The number of hydrogen-bond acceptors (Lipinski definition) is 1. The van der Waals surface area contributed by atoms with Gasteiger partial charge in [0.05, 0.1) is 6.10 Å². The molecule has 72 valence electrons. The molecule has 1 N–H and O–H groups in total. The molecule has 0 saturated heterocycles. The fraction of sp³-hybridized carbons (Fsp3) is 0.400. The average molecular weight is 186 g/mol. The Hall–Kier alpha value is -0.960. The molecule has 1 rings (SSSR count). The summed E-state index contributed by atoms with van der Waals surface area (Å²) in [5, 5.41) is 8.97. The van der Waals surface area contributed by atoms with Crippen LogP contribution in [0.15, 0.2) is 18.2 Å². The van der Waals surface area contributed by atoms with E-state index in [1.165, 1.54) is 6.07 Å². The minimum atomic E-state index is -0.833. The van der Waals surface area contributed by atoms with E-state index in [-0.39, 0.29) is 0 Å². The van der Waals surface area contributed by atoms with Gasteiger partial charge in [-0.05, 0) is 37.5 Å². The van der Waals surface area contributed by atoms with E-state index in [1.807, 2.05) is 0 Å². The van der Waals surface area contributed by atoms with Crippen molar-refractivity contribution in [2.24, 2.45) is 0 Å². The van der Waals surface area contributed by atoms with Crippen molar-refractivity contribution >= 4 is 0 Å². The van der Waals surface area contributed by atoms with Gasteiger partial charge < -0.3 is 5.11 Å². The van der Waals surface area contributed by atoms with Crippen molar-refractivity contribution in [3.63, 3.8) is 0 Å². The number of hydrogen-bond donors (Lipinski definition) is 1. The van der Waals surface area contributed by atoms with Crippen LogP contribution in [-0.4, -0.2) is 11.2 Å². The van der Waals surface area contributed by atoms with Crippen LogP contribution in [0.3, 0.4) is 0 Å². The molecule has 0 saturated carbocycles. The second-order valence-electron chi connectivity index (χ2n) is 3.14. The predicted octanol–water partition coefficient (Wildman–Crippen LogP) is 2.28. The van der Waals surface area contributed by atoms with E-state index in [9.17, 15) is 8.78 Å². The number of rotatable bonds is 3. The number of aryl methyl sites for hydroxylation is 1. The summed E-state index contributed by atoms with van der Waals surface area (Å²) < 4.78 is 25.1. The average Bonchev–Trinajstić information content (AvgIpc) is 2.07. The molecule has 0 aromatic heterocycles. The van der Waals surface area contributed by atoms with Crippen LogP contribution >= 0.6 is 0 Å². The van der Waals surface area contributed by atoms with Gasteiger partial charge in [-0.2, -0.15) is 0 Å². The van der Waals surface area contributed by atoms with Gasteiger partial charge in [0.2, 0.25) is 0 Å². The largest absolute Gasteiger partial charge is 0.393 e. The van der Waals surface area contributed by atoms with Crippen molar-refractivity contribution in [3.8, 4) is 0 Å². The Morgan fingerprint density at radius 2 is 2.00 bits per heavy atom. The molecule has 1 unspecified atom stereocenters. The Morgan fingerprint density at radius 3 is 2.54 bits per heavy atom. The molecule has 1 atom stereocenters. The van der Waals surface area contributed by atoms with Crippen molar-refractivity contribution in [3.05, 3.63) is 35.4 Å². The highest BCUT2D eigenvalue weighted by molar-refractivity contribution is 5.17. The van der Waals surface area contributed by atoms with E-state index >= 15 is 0 Å². The number of aliphatic hydroxyl groups excluding tert-OH is 1. The molecule has 1 nitrogen and oxygen atoms in total. The lowest BCUT2D eigenvalue weighted by Crippen LogP contribution is -2.01. The normalized spacial score (nSPS) is 12.9. The molecule has 13 heavy (non-hydrogen) atoms. The molecule has 0 amide bonds. The summed E-state index contributed by atoms with van der Waals surface area (Å²) >= 11 is 0. The Kier molecular flexibility index (Phi) is 3.37. The minimum Gasteiger partial charge on any atom is -0.393 e. The monoisotopic (exact) mass is 186 g/mol. The number of aliphatic hydroxyl groups is 1. The zero-order valence-corrected chi connectivity index (χ0v) is 7.43. The maximum atomic E-state index is 12.7. The summed E-state index contributed by atoms with van der Waals surface area (Å²) in [5.41, 5.74) is 0.708. The molecular weight excluding hydrogens is 174 g/mol. The predicted molar refractivity (Wildman–Crippen MR) is 46.4 cm³/mol. The van der Waals surface area contributed by atoms with E-state index in [1.54, 1.807) is 6.92 Å². The molecule has 1 aromatic rings. The molecule has 3 heteroatoms. The Labute approximate surface area is 76.0 Å². The molecule has 0 aliphatic heterocycles. The Balaban J connectivity index is 2.63. The highest BCUT2D eigenvalue weighted by Crippen LogP contribution is 2.11. The fourth-order valence-corrected chi connectivity index (χ4v) is 1.07. The zero-order chi connectivity index (χ0) is 9.84. The molecular formula is C10H12F2O. The van der Waals surface area contributed by atoms with E-state index < -0.39 is 17.7 Å². The van der Waals surface area contributed by atoms with E-state index in [4.69, 9.17) is 5.11 Å². The van der Waals surface area contributed by atoms with Crippen molar-refractivity contribution in [2.45, 2.75) is 25.9 Å². The number of halogens is 2. The van der Waals surface area contributed by atoms with E-state index in [0.717, 1.165) is 12.1 Å². The quantitative estimate of drug-likeness (QED) is 0.767. The summed E-state index contributed by atoms with van der Waals surface area (Å²) in [5.74, 6) is -1.66. The first kappa shape index (κ1) is 10.1. The highest BCUT2D eigenvalue weighted by Gasteiger charge is 2.03. The summed E-state index contributed by atoms with van der Waals surface area (Å²) in [4.78, 5) is 0. The number of benzene rings is 1. The van der Waals surface area contributed by atoms with Gasteiger partial charge in [0.1, 0.15) is 0 Å². The lowest BCUT2D eigenvalue weighted by atomic mass is 10.1. The standard InChI is InChI=1S/C10H12F2O/c1-7(13)2-3-8-4-5-9(11)10(12)6-8/h4-7,13H,2-3H2,1H3. The SMILES string of the molecule is CC(O)CCc1ccc(F)c(F)c1. The third-order valence-electron chi connectivity index (χ3n) is 1.83. The fourth-order valence-electron chi connectivity index (χ4n) is 1.07. The lowest BCUT2D eigenvalue weighted by molar-refractivity contribution is 0.185. The van der Waals surface area contributed by atoms with Crippen molar-refractivity contribution < 1.29 is 13.9 Å². The van der Waals surface area contributed by atoms with Gasteiger partial charge in [-0.1, -0.05) is 6.07 Å². The van der Waals surface area contributed by atoms with Crippen LogP contribution < -0.4 is 0 Å². The van der Waals surface area contributed by atoms with E-state index in [0.29, 0.717) is 18.4 Å². The Morgan fingerprint density at radius 1 is 1.31 bits per heavy atom. The van der Waals surface area contributed by atoms with Gasteiger partial charge in [-0.3, -0.25) is 0 Å². The molecule has 0 aliphatic carbocycles. The summed E-state index contributed by atoms with van der Waals surface area (Å²) in [7, 11) is 0. The topological polar surface area (TPSA) is 20.2 Å². The maximum absolute atomic E-state index is 12.7. The molecule has 0 heterocycles. The third kappa shape index (κ3) is 3.11. The molecule has 0 fully saturated rings. The minimum absolute atomic E-state index is 0.409. The van der Waals surface area contributed by atoms with Gasteiger partial charge in [0, 0.05) is 0 Å². The summed E-state index contributed by atoms with van der Waals surface area (Å²) in [6, 6.07) is 3.80. The molecule has 0 radical (unpaired) electrons. The summed E-state index contributed by atoms with van der Waals surface area (Å²) in [6.07, 6.45) is 0.716. The Bertz CT molecular complexity index is 284. The molecule has 0 bridgehead atoms. The van der Waals surface area contributed by atoms with Crippen LogP contribution in [0.5, 0.6) is 0 Å². The second-order valence-corrected chi connectivity index (χ2v) is 3.14. The van der Waals surface area contributed by atoms with Gasteiger partial charge in [-0.25, -0.2) is 8.78 Å². The molecule has 0 aliphatic rings. The first-order valence-corrected chi connectivity index (χ1v) is 4.21. The van der Waals surface area contributed by atoms with Crippen molar-refractivity contribution in [1.82, 2.24) is 0 Å². The summed E-state index contributed by atoms with van der Waals surface area (Å²) in [6.45, 7) is 1.67. The van der Waals surface area contributed by atoms with Crippen LogP contribution in [0.2, 0.25) is 0 Å². The van der Waals surface area contributed by atoms with Gasteiger partial charge in [-0.15, -0.1) is 0 Å². The highest BCUT2D eigenvalue weighted by atomic mass is 19.2. The first-order chi connectivity index (χ1) is 6.09. The first-order valence-electron chi connectivity index (χ1n) is 4.21. The van der Waals surface area contributed by atoms with Crippen LogP contribution in [0.1, 0.15) is 18.9 Å². The van der Waals surface area contributed by atoms with Gasteiger partial charge in [0.25, 0.3) is 0 Å². The lowest BCUT2D eigenvalue weighted by Gasteiger charge is -2.04. The maximum Gasteiger partial charge on any atom is 0.159 e. The van der Waals surface area contributed by atoms with Crippen molar-refractivity contribution in [2.75, 3.05) is 0 Å². The van der Waals surface area contributed by atoms with Crippen LogP contribution in [0.4, 0.5) is 8.78 Å². The molecule has 0 spiro atoms. The van der Waals surface area contributed by atoms with Crippen molar-refractivity contribution in [1.29, 1.82) is 0 Å². The van der Waals surface area contributed by atoms with Crippen LogP contribution in [-0.2, 0) is 6.42 Å². The van der Waals surface area contributed by atoms with E-state index in [2.05, 4.69) is 0 Å². The third-order valence-corrected chi connectivity index (χ3v) is 1.83. The smallest absolute Gasteiger partial charge is 0.159 e. The second kappa shape index (κ2) is 4.33. The van der Waals surface area contributed by atoms with Gasteiger partial charge in [0.15, 0.2) is 11.6 Å². The zero-order valence-electron chi connectivity index (χ0n) is 7.43.